The molecular weight excluding hydrogens is 216 g/mol. The predicted molar refractivity (Wildman–Crippen MR) is 68.0 cm³/mol. The average Bonchev–Trinajstić information content (AvgIpc) is 2.73. The van der Waals surface area contributed by atoms with Crippen LogP contribution in [0.1, 0.15) is 19.3 Å². The average molecular weight is 242 g/mol. The van der Waals surface area contributed by atoms with E-state index >= 15 is 0 Å². The summed E-state index contributed by atoms with van der Waals surface area (Å²) in [5.41, 5.74) is 0. The molecule has 2 saturated heterocycles. The minimum atomic E-state index is 0.0393. The van der Waals surface area contributed by atoms with Crippen molar-refractivity contribution in [2.45, 2.75) is 25.6 Å². The summed E-state index contributed by atoms with van der Waals surface area (Å²) in [6.07, 6.45) is 3.43. The molecule has 0 spiro atoms. The Morgan fingerprint density at radius 3 is 2.71 bits per heavy atom. The van der Waals surface area contributed by atoms with Gasteiger partial charge in [0, 0.05) is 26.1 Å². The Morgan fingerprint density at radius 2 is 2.06 bits per heavy atom. The predicted octanol–water partition coefficient (Wildman–Crippen LogP) is 1.02. The van der Waals surface area contributed by atoms with Gasteiger partial charge >= 0.3 is 0 Å². The van der Waals surface area contributed by atoms with Crippen LogP contribution in [0.15, 0.2) is 0 Å². The fourth-order valence-electron chi connectivity index (χ4n) is 2.74. The van der Waals surface area contributed by atoms with E-state index in [4.69, 9.17) is 9.47 Å². The molecule has 2 aliphatic heterocycles. The summed E-state index contributed by atoms with van der Waals surface area (Å²) in [6.45, 7) is 6.51. The maximum atomic E-state index is 5.56. The maximum Gasteiger partial charge on any atom is 0.158 e. The molecule has 0 bridgehead atoms. The van der Waals surface area contributed by atoms with Crippen molar-refractivity contribution >= 4 is 0 Å². The molecule has 4 nitrogen and oxygen atoms in total. The summed E-state index contributed by atoms with van der Waals surface area (Å²) in [7, 11) is 4.42. The first-order valence-electron chi connectivity index (χ1n) is 6.84. The zero-order valence-corrected chi connectivity index (χ0v) is 11.2. The van der Waals surface area contributed by atoms with Gasteiger partial charge in [-0.1, -0.05) is 0 Å². The minimum absolute atomic E-state index is 0.0393. The van der Waals surface area contributed by atoms with Crippen molar-refractivity contribution in [2.75, 3.05) is 53.5 Å². The molecule has 17 heavy (non-hydrogen) atoms. The van der Waals surface area contributed by atoms with E-state index in [1.165, 1.54) is 26.1 Å². The highest BCUT2D eigenvalue weighted by atomic mass is 16.7. The van der Waals surface area contributed by atoms with Crippen LogP contribution in [0.2, 0.25) is 0 Å². The normalized spacial score (nSPS) is 28.1. The van der Waals surface area contributed by atoms with Crippen LogP contribution in [0.25, 0.3) is 0 Å². The van der Waals surface area contributed by atoms with Crippen LogP contribution in [0.4, 0.5) is 0 Å². The minimum Gasteiger partial charge on any atom is -0.353 e. The van der Waals surface area contributed by atoms with Gasteiger partial charge in [0.25, 0.3) is 0 Å². The molecule has 0 radical (unpaired) electrons. The largest absolute Gasteiger partial charge is 0.353 e. The molecule has 2 aliphatic rings. The van der Waals surface area contributed by atoms with Gasteiger partial charge in [-0.15, -0.1) is 0 Å². The monoisotopic (exact) mass is 242 g/mol. The Hall–Kier alpha value is -0.160. The van der Waals surface area contributed by atoms with Crippen LogP contribution in [0.3, 0.4) is 0 Å². The standard InChI is InChI=1S/C13H26N2O2/c1-14-6-4-12(10-14)11-15(2)7-5-13-16-8-3-9-17-13/h12-13H,3-11H2,1-2H3. The third-order valence-corrected chi connectivity index (χ3v) is 3.70. The lowest BCUT2D eigenvalue weighted by atomic mass is 10.1. The second-order valence-electron chi connectivity index (χ2n) is 5.49. The third kappa shape index (κ3) is 4.54. The van der Waals surface area contributed by atoms with Crippen molar-refractivity contribution in [2.24, 2.45) is 5.92 Å². The Balaban J connectivity index is 1.58. The Kier molecular flexibility index (Phi) is 5.22. The van der Waals surface area contributed by atoms with E-state index in [2.05, 4.69) is 23.9 Å². The van der Waals surface area contributed by atoms with Gasteiger partial charge in [0.2, 0.25) is 0 Å². The lowest BCUT2D eigenvalue weighted by Crippen LogP contribution is -2.33. The molecule has 0 N–H and O–H groups in total. The fraction of sp³-hybridized carbons (Fsp3) is 1.00. The van der Waals surface area contributed by atoms with Gasteiger partial charge in [-0.3, -0.25) is 0 Å². The zero-order valence-electron chi connectivity index (χ0n) is 11.2. The van der Waals surface area contributed by atoms with E-state index in [0.29, 0.717) is 0 Å². The van der Waals surface area contributed by atoms with E-state index in [1.54, 1.807) is 0 Å². The lowest BCUT2D eigenvalue weighted by Gasteiger charge is -2.26. The molecule has 2 rings (SSSR count). The fourth-order valence-corrected chi connectivity index (χ4v) is 2.74. The molecule has 0 aromatic rings. The van der Waals surface area contributed by atoms with Crippen molar-refractivity contribution < 1.29 is 9.47 Å². The molecular formula is C13H26N2O2. The molecule has 0 aromatic heterocycles. The summed E-state index contributed by atoms with van der Waals surface area (Å²) in [5, 5.41) is 0. The number of hydrogen-bond donors (Lipinski definition) is 0. The third-order valence-electron chi connectivity index (χ3n) is 3.70. The summed E-state index contributed by atoms with van der Waals surface area (Å²) < 4.78 is 11.1. The molecule has 1 unspecified atom stereocenters. The quantitative estimate of drug-likeness (QED) is 0.719. The van der Waals surface area contributed by atoms with Crippen LogP contribution in [0, 0.1) is 5.92 Å². The number of nitrogens with zero attached hydrogens (tertiary/aromatic N) is 2. The number of rotatable bonds is 5. The highest BCUT2D eigenvalue weighted by Gasteiger charge is 2.21. The van der Waals surface area contributed by atoms with Crippen molar-refractivity contribution in [1.29, 1.82) is 0 Å². The van der Waals surface area contributed by atoms with Gasteiger partial charge in [-0.25, -0.2) is 0 Å². The first-order chi connectivity index (χ1) is 8.24. The second-order valence-corrected chi connectivity index (χ2v) is 5.49. The van der Waals surface area contributed by atoms with E-state index in [1.807, 2.05) is 0 Å². The summed E-state index contributed by atoms with van der Waals surface area (Å²) in [6, 6.07) is 0. The van der Waals surface area contributed by atoms with Crippen molar-refractivity contribution in [1.82, 2.24) is 9.80 Å². The molecule has 0 aliphatic carbocycles. The van der Waals surface area contributed by atoms with Gasteiger partial charge in [0.05, 0.1) is 13.2 Å². The molecule has 4 heteroatoms. The van der Waals surface area contributed by atoms with Crippen LogP contribution in [0.5, 0.6) is 0 Å². The Labute approximate surface area is 105 Å². The van der Waals surface area contributed by atoms with Crippen molar-refractivity contribution in [3.8, 4) is 0 Å². The van der Waals surface area contributed by atoms with E-state index in [0.717, 1.165) is 38.5 Å². The smallest absolute Gasteiger partial charge is 0.158 e. The molecule has 100 valence electrons. The first-order valence-corrected chi connectivity index (χ1v) is 6.84. The molecule has 0 amide bonds. The summed E-state index contributed by atoms with van der Waals surface area (Å²) in [4.78, 5) is 4.84. The van der Waals surface area contributed by atoms with Crippen LogP contribution < -0.4 is 0 Å². The van der Waals surface area contributed by atoms with Crippen LogP contribution in [-0.2, 0) is 9.47 Å². The summed E-state index contributed by atoms with van der Waals surface area (Å²) in [5.74, 6) is 0.846. The zero-order chi connectivity index (χ0) is 12.1. The Bertz CT molecular complexity index is 219. The number of ether oxygens (including phenoxy) is 2. The van der Waals surface area contributed by atoms with Gasteiger partial charge in [-0.05, 0) is 39.4 Å². The van der Waals surface area contributed by atoms with E-state index < -0.39 is 0 Å². The molecule has 2 heterocycles. The molecule has 0 saturated carbocycles. The second kappa shape index (κ2) is 6.69. The topological polar surface area (TPSA) is 24.9 Å². The van der Waals surface area contributed by atoms with Gasteiger partial charge in [-0.2, -0.15) is 0 Å². The van der Waals surface area contributed by atoms with Crippen molar-refractivity contribution in [3.63, 3.8) is 0 Å². The molecule has 1 atom stereocenters. The van der Waals surface area contributed by atoms with Crippen molar-refractivity contribution in [3.05, 3.63) is 0 Å². The number of likely N-dealkylation sites (tertiary alicyclic amines) is 1. The highest BCUT2D eigenvalue weighted by Crippen LogP contribution is 2.16. The van der Waals surface area contributed by atoms with E-state index in [9.17, 15) is 0 Å². The SMILES string of the molecule is CN1CCC(CN(C)CCC2OCCCO2)C1. The molecule has 2 fully saturated rings. The first kappa shape index (κ1) is 13.3. The van der Waals surface area contributed by atoms with Gasteiger partial charge in [0.1, 0.15) is 0 Å². The number of hydrogen-bond acceptors (Lipinski definition) is 4. The molecule has 0 aromatic carbocycles. The lowest BCUT2D eigenvalue weighted by molar-refractivity contribution is -0.182. The van der Waals surface area contributed by atoms with Crippen LogP contribution in [-0.4, -0.2) is 69.6 Å². The highest BCUT2D eigenvalue weighted by molar-refractivity contribution is 4.75. The van der Waals surface area contributed by atoms with E-state index in [-0.39, 0.29) is 6.29 Å². The van der Waals surface area contributed by atoms with Crippen LogP contribution >= 0.6 is 0 Å². The van der Waals surface area contributed by atoms with Gasteiger partial charge in [0.15, 0.2) is 6.29 Å². The summed E-state index contributed by atoms with van der Waals surface area (Å²) >= 11 is 0. The van der Waals surface area contributed by atoms with Gasteiger partial charge < -0.3 is 19.3 Å². The maximum absolute atomic E-state index is 5.56. The Morgan fingerprint density at radius 1 is 1.29 bits per heavy atom.